The summed E-state index contributed by atoms with van der Waals surface area (Å²) in [5.41, 5.74) is 0. The van der Waals surface area contributed by atoms with E-state index in [2.05, 4.69) is 17.0 Å². The molecule has 0 bridgehead atoms. The predicted octanol–water partition coefficient (Wildman–Crippen LogP) is 1.56. The number of carboxylic acids is 1. The summed E-state index contributed by atoms with van der Waals surface area (Å²) in [5.74, 6) is -4.16. The summed E-state index contributed by atoms with van der Waals surface area (Å²) < 4.78 is 4.22. The highest BCUT2D eigenvalue weighted by atomic mass is 16.6. The molecule has 0 fully saturated rings. The van der Waals surface area contributed by atoms with Crippen LogP contribution in [0.4, 0.5) is 0 Å². The van der Waals surface area contributed by atoms with Crippen molar-refractivity contribution in [3.8, 4) is 0 Å². The number of carbonyl (C=O) groups excluding carboxylic acids is 2. The Bertz CT molecular complexity index is 500. The van der Waals surface area contributed by atoms with Crippen LogP contribution in [0.5, 0.6) is 0 Å². The molecule has 9 heteroatoms. The van der Waals surface area contributed by atoms with Crippen molar-refractivity contribution in [3.05, 3.63) is 0 Å². The minimum absolute atomic E-state index is 0.169. The van der Waals surface area contributed by atoms with E-state index < -0.39 is 42.6 Å². The van der Waals surface area contributed by atoms with Gasteiger partial charge in [-0.2, -0.15) is 0 Å². The molecule has 0 aliphatic heterocycles. The molecule has 0 spiro atoms. The lowest BCUT2D eigenvalue weighted by Gasteiger charge is -2.21. The average Bonchev–Trinajstić information content (AvgIpc) is 2.75. The fourth-order valence-corrected chi connectivity index (χ4v) is 3.13. The van der Waals surface area contributed by atoms with Gasteiger partial charge in [-0.3, -0.25) is 4.79 Å². The zero-order valence-electron chi connectivity index (χ0n) is 18.8. The molecule has 0 saturated carbocycles. The van der Waals surface area contributed by atoms with E-state index in [4.69, 9.17) is 5.11 Å². The maximum Gasteiger partial charge on any atom is 0.417 e. The summed E-state index contributed by atoms with van der Waals surface area (Å²) in [5, 5.41) is 40.4. The third-order valence-corrected chi connectivity index (χ3v) is 5.11. The number of aliphatic hydroxyl groups excluding tert-OH is 3. The number of aliphatic carboxylic acids is 1. The summed E-state index contributed by atoms with van der Waals surface area (Å²) >= 11 is 0. The fourth-order valence-electron chi connectivity index (χ4n) is 3.13. The first-order valence-electron chi connectivity index (χ1n) is 11.5. The van der Waals surface area contributed by atoms with E-state index in [0.29, 0.717) is 6.54 Å². The monoisotopic (exact) mass is 447 g/mol. The smallest absolute Gasteiger partial charge is 0.417 e. The molecule has 0 saturated heterocycles. The van der Waals surface area contributed by atoms with Crippen LogP contribution in [-0.2, 0) is 19.1 Å². The maximum absolute atomic E-state index is 11.9. The fraction of sp³-hybridized carbons (Fsp3) is 0.864. The summed E-state index contributed by atoms with van der Waals surface area (Å²) in [6.07, 6.45) is 9.30. The molecule has 0 heterocycles. The van der Waals surface area contributed by atoms with Crippen molar-refractivity contribution in [1.82, 2.24) is 5.32 Å². The molecule has 0 aromatic rings. The second-order valence-electron chi connectivity index (χ2n) is 7.94. The molecule has 3 atom stereocenters. The Balaban J connectivity index is 3.67. The average molecular weight is 448 g/mol. The first-order chi connectivity index (χ1) is 14.8. The third kappa shape index (κ3) is 15.8. The van der Waals surface area contributed by atoms with Crippen molar-refractivity contribution in [3.63, 3.8) is 0 Å². The number of hydrogen-bond donors (Lipinski definition) is 5. The van der Waals surface area contributed by atoms with Crippen molar-refractivity contribution in [2.45, 2.75) is 102 Å². The summed E-state index contributed by atoms with van der Waals surface area (Å²) in [7, 11) is 0. The van der Waals surface area contributed by atoms with Crippen LogP contribution in [0.25, 0.3) is 0 Å². The molecule has 9 nitrogen and oxygen atoms in total. The number of ether oxygens (including phenoxy) is 1. The van der Waals surface area contributed by atoms with Crippen LogP contribution in [0.3, 0.4) is 0 Å². The van der Waals surface area contributed by atoms with Crippen molar-refractivity contribution in [2.75, 3.05) is 19.7 Å². The first kappa shape index (κ1) is 29.5. The van der Waals surface area contributed by atoms with Crippen molar-refractivity contribution >= 4 is 17.7 Å². The molecular weight excluding hydrogens is 406 g/mol. The Morgan fingerprint density at radius 3 is 1.77 bits per heavy atom. The lowest BCUT2D eigenvalue weighted by molar-refractivity contribution is -0.168. The number of hydrogen-bond acceptors (Lipinski definition) is 8. The van der Waals surface area contributed by atoms with Gasteiger partial charge < -0.3 is 30.5 Å². The van der Waals surface area contributed by atoms with E-state index in [9.17, 15) is 29.7 Å². The van der Waals surface area contributed by atoms with Gasteiger partial charge >= 0.3 is 11.9 Å². The zero-order valence-corrected chi connectivity index (χ0v) is 18.8. The number of unbranched alkanes of at least 4 members (excludes halogenated alkanes) is 11. The standard InChI is InChI=1S/C22H41NO8/c1-2-3-4-5-6-7-8-9-10-11-12-13-14-23-15-17(24)19(26)20(27)18(25)16-31-22(30)21(28)29/h18-20,23,25-27H,2-16H2,1H3,(H,28,29)/t18-,19-,20-/m1/s1. The maximum atomic E-state index is 11.9. The Labute approximate surface area is 185 Å². The molecule has 0 rings (SSSR count). The van der Waals surface area contributed by atoms with E-state index in [1.807, 2.05) is 0 Å². The van der Waals surface area contributed by atoms with Crippen molar-refractivity contribution < 1.29 is 39.5 Å². The molecule has 182 valence electrons. The van der Waals surface area contributed by atoms with Gasteiger partial charge in [-0.15, -0.1) is 0 Å². The second-order valence-corrected chi connectivity index (χ2v) is 7.94. The van der Waals surface area contributed by atoms with Gasteiger partial charge in [0.25, 0.3) is 0 Å². The Morgan fingerprint density at radius 1 is 0.806 bits per heavy atom. The number of ketones is 1. The van der Waals surface area contributed by atoms with Crippen molar-refractivity contribution in [1.29, 1.82) is 0 Å². The number of carboxylic acid groups (broad SMARTS) is 1. The Hall–Kier alpha value is -1.55. The number of rotatable bonds is 20. The topological polar surface area (TPSA) is 153 Å². The van der Waals surface area contributed by atoms with Gasteiger partial charge in [0, 0.05) is 0 Å². The number of esters is 1. The van der Waals surface area contributed by atoms with Crippen LogP contribution in [-0.4, -0.2) is 76.2 Å². The lowest BCUT2D eigenvalue weighted by Crippen LogP contribution is -2.47. The number of carbonyl (C=O) groups is 3. The van der Waals surface area contributed by atoms with E-state index >= 15 is 0 Å². The number of aliphatic hydroxyl groups is 3. The second kappa shape index (κ2) is 19.2. The molecule has 0 unspecified atom stereocenters. The highest BCUT2D eigenvalue weighted by molar-refractivity contribution is 6.28. The van der Waals surface area contributed by atoms with Crippen LogP contribution < -0.4 is 5.32 Å². The van der Waals surface area contributed by atoms with Gasteiger partial charge in [0.2, 0.25) is 0 Å². The minimum Gasteiger partial charge on any atom is -0.473 e. The summed E-state index contributed by atoms with van der Waals surface area (Å²) in [6, 6.07) is 0. The molecule has 0 amide bonds. The minimum atomic E-state index is -1.89. The molecule has 31 heavy (non-hydrogen) atoms. The molecular formula is C22H41NO8. The van der Waals surface area contributed by atoms with E-state index in [0.717, 1.165) is 19.3 Å². The quantitative estimate of drug-likeness (QED) is 0.106. The van der Waals surface area contributed by atoms with Gasteiger partial charge in [-0.05, 0) is 13.0 Å². The van der Waals surface area contributed by atoms with E-state index in [1.165, 1.54) is 57.8 Å². The molecule has 0 aromatic heterocycles. The molecule has 0 radical (unpaired) electrons. The van der Waals surface area contributed by atoms with E-state index in [-0.39, 0.29) is 6.54 Å². The Morgan fingerprint density at radius 2 is 1.29 bits per heavy atom. The normalized spacial score (nSPS) is 14.1. The zero-order chi connectivity index (χ0) is 23.5. The van der Waals surface area contributed by atoms with Crippen molar-refractivity contribution in [2.24, 2.45) is 0 Å². The largest absolute Gasteiger partial charge is 0.473 e. The highest BCUT2D eigenvalue weighted by Crippen LogP contribution is 2.11. The Kier molecular flexibility index (Phi) is 18.2. The molecule has 0 aliphatic rings. The molecule has 0 aromatic carbocycles. The summed E-state index contributed by atoms with van der Waals surface area (Å²) in [4.78, 5) is 33.0. The number of Topliss-reactive ketones (excluding diaryl/α,β-unsaturated/α-hetero) is 1. The van der Waals surface area contributed by atoms with Gasteiger partial charge in [-0.1, -0.05) is 77.6 Å². The van der Waals surface area contributed by atoms with Gasteiger partial charge in [-0.25, -0.2) is 9.59 Å². The lowest BCUT2D eigenvalue weighted by atomic mass is 10.0. The van der Waals surface area contributed by atoms with Gasteiger partial charge in [0.15, 0.2) is 5.78 Å². The van der Waals surface area contributed by atoms with Crippen LogP contribution in [0, 0.1) is 0 Å². The SMILES string of the molecule is CCCCCCCCCCCCCCNCC(=O)[C@@H](O)[C@H](O)[C@H](O)COC(=O)C(=O)O. The predicted molar refractivity (Wildman–Crippen MR) is 116 cm³/mol. The van der Waals surface area contributed by atoms with Crippen LogP contribution in [0.2, 0.25) is 0 Å². The third-order valence-electron chi connectivity index (χ3n) is 5.11. The van der Waals surface area contributed by atoms with E-state index in [1.54, 1.807) is 0 Å². The van der Waals surface area contributed by atoms with Gasteiger partial charge in [0.05, 0.1) is 6.54 Å². The van der Waals surface area contributed by atoms with Crippen LogP contribution >= 0.6 is 0 Å². The molecule has 0 aliphatic carbocycles. The number of nitrogens with one attached hydrogen (secondary N) is 1. The molecule has 5 N–H and O–H groups in total. The summed E-state index contributed by atoms with van der Waals surface area (Å²) in [6.45, 7) is 1.81. The highest BCUT2D eigenvalue weighted by Gasteiger charge is 2.31. The van der Waals surface area contributed by atoms with Crippen LogP contribution in [0.15, 0.2) is 0 Å². The van der Waals surface area contributed by atoms with Gasteiger partial charge in [0.1, 0.15) is 24.9 Å². The first-order valence-corrected chi connectivity index (χ1v) is 11.5. The van der Waals surface area contributed by atoms with Crippen LogP contribution in [0.1, 0.15) is 84.0 Å².